The van der Waals surface area contributed by atoms with Crippen molar-refractivity contribution < 1.29 is 37.3 Å². The molecule has 77 heavy (non-hydrogen) atoms. The average molecular weight is 1100 g/mol. The fourth-order valence-corrected chi connectivity index (χ4v) is 9.57. The molecule has 9 nitrogen and oxygen atoms in total. The standard InChI is InChI=1S/C67H121N2O7P/c1-7-10-13-16-19-22-25-27-29-31-32-33-34-35-36-38-39-41-44-47-50-53-56-59-66(70)68-64(63-75-77(72,73)74-62-61-69(4,5)6)65(58-55-52-49-46-43-24-21-18-15-12-9-3)76-67(71)60-57-54-51-48-45-42-40-37-30-28-26-23-20-17-14-11-8-2/h19-20,22-23,27-30,32-33,40,42,55,58,64-65H,7-18,21,24-26,31,34-39,41,43-54,56-57,59-63H2,1-6H3,(H-,68,70,72,73)/p+1/b22-19-,23-20-,29-27-,30-28-,33-32-,42-40-,58-55-. The summed E-state index contributed by atoms with van der Waals surface area (Å²) in [6.45, 7) is 6.94. The van der Waals surface area contributed by atoms with Gasteiger partial charge in [0.1, 0.15) is 19.3 Å². The predicted molar refractivity (Wildman–Crippen MR) is 332 cm³/mol. The Hall–Kier alpha value is -2.81. The topological polar surface area (TPSA) is 111 Å². The molecule has 446 valence electrons. The summed E-state index contributed by atoms with van der Waals surface area (Å²) < 4.78 is 30.7. The smallest absolute Gasteiger partial charge is 0.456 e. The van der Waals surface area contributed by atoms with Crippen molar-refractivity contribution in [2.24, 2.45) is 0 Å². The second-order valence-electron chi connectivity index (χ2n) is 22.6. The number of unbranched alkanes of at least 4 members (excludes halogenated alkanes) is 29. The number of amides is 1. The minimum Gasteiger partial charge on any atom is -0.456 e. The number of phosphoric ester groups is 1. The third-order valence-corrected chi connectivity index (χ3v) is 14.8. The number of hydrogen-bond donors (Lipinski definition) is 2. The van der Waals surface area contributed by atoms with E-state index < -0.39 is 20.0 Å². The predicted octanol–water partition coefficient (Wildman–Crippen LogP) is 19.8. The molecule has 3 unspecified atom stereocenters. The second-order valence-corrected chi connectivity index (χ2v) is 24.0. The Balaban J connectivity index is 5.20. The van der Waals surface area contributed by atoms with Gasteiger partial charge in [-0.25, -0.2) is 4.57 Å². The van der Waals surface area contributed by atoms with Crippen LogP contribution in [0.5, 0.6) is 0 Å². The molecule has 0 aromatic heterocycles. The van der Waals surface area contributed by atoms with E-state index in [1.807, 2.05) is 33.3 Å². The van der Waals surface area contributed by atoms with Gasteiger partial charge in [-0.15, -0.1) is 0 Å². The van der Waals surface area contributed by atoms with Gasteiger partial charge in [0.15, 0.2) is 0 Å². The number of ether oxygens (including phenoxy) is 1. The Morgan fingerprint density at radius 1 is 0.455 bits per heavy atom. The molecule has 0 aliphatic rings. The lowest BCUT2D eigenvalue weighted by Gasteiger charge is -2.27. The number of phosphoric acid groups is 1. The molecule has 0 bridgehead atoms. The summed E-state index contributed by atoms with van der Waals surface area (Å²) in [5.41, 5.74) is 0. The number of quaternary nitrogens is 1. The Labute approximate surface area is 476 Å². The molecule has 0 saturated heterocycles. The van der Waals surface area contributed by atoms with Gasteiger partial charge in [-0.1, -0.05) is 241 Å². The van der Waals surface area contributed by atoms with Gasteiger partial charge >= 0.3 is 13.8 Å². The average Bonchev–Trinajstić information content (AvgIpc) is 3.39. The van der Waals surface area contributed by atoms with E-state index in [2.05, 4.69) is 99.0 Å². The molecule has 0 saturated carbocycles. The number of rotatable bonds is 57. The maximum Gasteiger partial charge on any atom is 0.472 e. The number of esters is 1. The highest BCUT2D eigenvalue weighted by Gasteiger charge is 2.30. The lowest BCUT2D eigenvalue weighted by molar-refractivity contribution is -0.870. The van der Waals surface area contributed by atoms with Crippen LogP contribution in [-0.2, 0) is 27.9 Å². The van der Waals surface area contributed by atoms with Crippen LogP contribution in [0.2, 0.25) is 0 Å². The molecular weight excluding hydrogens is 976 g/mol. The number of carbonyl (C=O) groups is 2. The van der Waals surface area contributed by atoms with Gasteiger partial charge in [0.25, 0.3) is 0 Å². The zero-order valence-corrected chi connectivity index (χ0v) is 51.8. The highest BCUT2D eigenvalue weighted by molar-refractivity contribution is 7.47. The number of carbonyl (C=O) groups excluding carboxylic acids is 2. The molecule has 1 amide bonds. The molecule has 0 radical (unpaired) electrons. The van der Waals surface area contributed by atoms with Crippen molar-refractivity contribution in [3.05, 3.63) is 85.1 Å². The van der Waals surface area contributed by atoms with E-state index >= 15 is 0 Å². The van der Waals surface area contributed by atoms with E-state index in [-0.39, 0.29) is 31.5 Å². The quantitative estimate of drug-likeness (QED) is 0.0205. The number of allylic oxidation sites excluding steroid dienone is 13. The normalized spacial score (nSPS) is 14.2. The first-order valence-corrected chi connectivity index (χ1v) is 33.4. The van der Waals surface area contributed by atoms with E-state index in [4.69, 9.17) is 13.8 Å². The van der Waals surface area contributed by atoms with E-state index in [9.17, 15) is 19.0 Å². The zero-order valence-electron chi connectivity index (χ0n) is 50.9. The maximum absolute atomic E-state index is 13.6. The Morgan fingerprint density at radius 3 is 1.21 bits per heavy atom. The molecule has 0 heterocycles. The summed E-state index contributed by atoms with van der Waals surface area (Å²) in [5, 5.41) is 3.05. The van der Waals surface area contributed by atoms with Crippen LogP contribution in [0.4, 0.5) is 0 Å². The third-order valence-electron chi connectivity index (χ3n) is 13.8. The molecule has 0 aliphatic carbocycles. The largest absolute Gasteiger partial charge is 0.472 e. The van der Waals surface area contributed by atoms with Crippen LogP contribution in [0.25, 0.3) is 0 Å². The van der Waals surface area contributed by atoms with Crippen LogP contribution in [0, 0.1) is 0 Å². The molecular formula is C67H122N2O7P+. The second kappa shape index (κ2) is 56.5. The molecule has 0 fully saturated rings. The summed E-state index contributed by atoms with van der Waals surface area (Å²) in [4.78, 5) is 37.7. The van der Waals surface area contributed by atoms with Gasteiger partial charge in [-0.05, 0) is 109 Å². The van der Waals surface area contributed by atoms with Gasteiger partial charge in [-0.2, -0.15) is 0 Å². The van der Waals surface area contributed by atoms with Crippen LogP contribution in [-0.4, -0.2) is 74.3 Å². The zero-order chi connectivity index (χ0) is 56.4. The van der Waals surface area contributed by atoms with Crippen LogP contribution >= 0.6 is 7.82 Å². The first kappa shape index (κ1) is 74.2. The van der Waals surface area contributed by atoms with Crippen molar-refractivity contribution in [1.29, 1.82) is 0 Å². The minimum atomic E-state index is -4.46. The molecule has 3 atom stereocenters. The molecule has 2 N–H and O–H groups in total. The molecule has 0 aromatic carbocycles. The lowest BCUT2D eigenvalue weighted by atomic mass is 10.0. The highest BCUT2D eigenvalue weighted by atomic mass is 31.2. The number of likely N-dealkylation sites (N-methyl/N-ethyl adjacent to an activating group) is 1. The van der Waals surface area contributed by atoms with Crippen molar-refractivity contribution in [2.75, 3.05) is 40.9 Å². The van der Waals surface area contributed by atoms with E-state index in [0.717, 1.165) is 103 Å². The Morgan fingerprint density at radius 2 is 0.792 bits per heavy atom. The van der Waals surface area contributed by atoms with Crippen molar-refractivity contribution >= 4 is 19.7 Å². The van der Waals surface area contributed by atoms with Crippen molar-refractivity contribution in [3.63, 3.8) is 0 Å². The van der Waals surface area contributed by atoms with E-state index in [1.54, 1.807) is 0 Å². The Kier molecular flexibility index (Phi) is 54.4. The maximum atomic E-state index is 13.6. The summed E-state index contributed by atoms with van der Waals surface area (Å²) in [7, 11) is 1.47. The number of hydrogen-bond acceptors (Lipinski definition) is 6. The van der Waals surface area contributed by atoms with Crippen molar-refractivity contribution in [3.8, 4) is 0 Å². The summed E-state index contributed by atoms with van der Waals surface area (Å²) in [6.07, 6.45) is 74.4. The van der Waals surface area contributed by atoms with Gasteiger partial charge in [0.05, 0.1) is 33.8 Å². The fourth-order valence-electron chi connectivity index (χ4n) is 8.84. The Bertz CT molecular complexity index is 1590. The first-order valence-electron chi connectivity index (χ1n) is 31.9. The monoisotopic (exact) mass is 1100 g/mol. The molecule has 0 rings (SSSR count). The lowest BCUT2D eigenvalue weighted by Crippen LogP contribution is -2.47. The summed E-state index contributed by atoms with van der Waals surface area (Å²) in [5.74, 6) is -0.535. The third kappa shape index (κ3) is 57.7. The molecule has 0 aromatic rings. The molecule has 10 heteroatoms. The van der Waals surface area contributed by atoms with Crippen LogP contribution in [0.15, 0.2) is 85.1 Å². The fraction of sp³-hybridized carbons (Fsp3) is 0.761. The number of nitrogens with one attached hydrogen (secondary N) is 1. The summed E-state index contributed by atoms with van der Waals surface area (Å²) in [6, 6.07) is -0.863. The van der Waals surface area contributed by atoms with Gasteiger partial charge in [0.2, 0.25) is 5.91 Å². The first-order chi connectivity index (χ1) is 37.4. The minimum absolute atomic E-state index is 0.0324. The molecule has 0 aliphatic heterocycles. The van der Waals surface area contributed by atoms with Crippen molar-refractivity contribution in [2.45, 2.75) is 290 Å². The summed E-state index contributed by atoms with van der Waals surface area (Å²) >= 11 is 0. The van der Waals surface area contributed by atoms with Gasteiger partial charge < -0.3 is 19.4 Å². The van der Waals surface area contributed by atoms with E-state index in [1.165, 1.54) is 135 Å². The van der Waals surface area contributed by atoms with Crippen LogP contribution in [0.1, 0.15) is 278 Å². The van der Waals surface area contributed by atoms with Crippen LogP contribution in [0.3, 0.4) is 0 Å². The highest BCUT2D eigenvalue weighted by Crippen LogP contribution is 2.43. The van der Waals surface area contributed by atoms with Gasteiger partial charge in [-0.3, -0.25) is 18.6 Å². The van der Waals surface area contributed by atoms with Gasteiger partial charge in [0, 0.05) is 12.8 Å². The van der Waals surface area contributed by atoms with Crippen molar-refractivity contribution in [1.82, 2.24) is 5.32 Å². The number of nitrogens with zero attached hydrogens (tertiary/aromatic N) is 1. The molecule has 0 spiro atoms. The van der Waals surface area contributed by atoms with E-state index in [0.29, 0.717) is 23.9 Å². The SMILES string of the molecule is CCCCC/C=C\C/C=C\C/C=C\CCCCCCCCCCCCC(=O)NC(COP(=O)(O)OCC[N+](C)(C)C)C(/C=C\CCCCCCCCCCC)OC(=O)CCCCCC/C=C\C/C=C\C/C=C\CCCCC. The van der Waals surface area contributed by atoms with Crippen LogP contribution < -0.4 is 5.32 Å².